The molecule has 8 nitrogen and oxygen atoms in total. The third kappa shape index (κ3) is 8.86. The minimum absolute atomic E-state index is 0.0366. The normalized spacial score (nSPS) is 11.8. The van der Waals surface area contributed by atoms with E-state index in [1.165, 1.54) is 24.1 Å². The van der Waals surface area contributed by atoms with Gasteiger partial charge in [-0.2, -0.15) is 0 Å². The van der Waals surface area contributed by atoms with Crippen LogP contribution in [0.25, 0.3) is 0 Å². The van der Waals surface area contributed by atoms with Crippen LogP contribution in [0.2, 0.25) is 5.02 Å². The largest absolute Gasteiger partial charge is 0.497 e. The van der Waals surface area contributed by atoms with E-state index in [4.69, 9.17) is 16.3 Å². The first-order chi connectivity index (χ1) is 21.6. The lowest BCUT2D eigenvalue weighted by Crippen LogP contribution is -2.53. The van der Waals surface area contributed by atoms with E-state index >= 15 is 0 Å². The van der Waals surface area contributed by atoms with Gasteiger partial charge in [0.1, 0.15) is 18.3 Å². The summed E-state index contributed by atoms with van der Waals surface area (Å²) in [4.78, 5) is 29.7. The van der Waals surface area contributed by atoms with Gasteiger partial charge in [0.2, 0.25) is 11.8 Å². The molecule has 4 rings (SSSR count). The second-order valence-corrected chi connectivity index (χ2v) is 13.0. The number of carbonyl (C=O) groups is 2. The number of anilines is 1. The second-order valence-electron chi connectivity index (χ2n) is 10.7. The van der Waals surface area contributed by atoms with Crippen molar-refractivity contribution in [3.8, 4) is 5.75 Å². The van der Waals surface area contributed by atoms with E-state index in [1.807, 2.05) is 44.2 Å². The Labute approximate surface area is 270 Å². The lowest BCUT2D eigenvalue weighted by atomic mass is 10.0. The predicted molar refractivity (Wildman–Crippen MR) is 178 cm³/mol. The zero-order valence-electron chi connectivity index (χ0n) is 25.6. The quantitative estimate of drug-likeness (QED) is 0.181. The van der Waals surface area contributed by atoms with Crippen LogP contribution in [0.3, 0.4) is 0 Å². The van der Waals surface area contributed by atoms with Crippen LogP contribution >= 0.6 is 11.6 Å². The number of aryl methyl sites for hydroxylation is 1. The number of hydrogen-bond acceptors (Lipinski definition) is 5. The number of hydrogen-bond donors (Lipinski definition) is 1. The molecule has 0 aliphatic carbocycles. The Morgan fingerprint density at radius 3 is 2.22 bits per heavy atom. The van der Waals surface area contributed by atoms with Gasteiger partial charge < -0.3 is 15.0 Å². The summed E-state index contributed by atoms with van der Waals surface area (Å²) in [7, 11) is -2.72. The fraction of sp³-hybridized carbons (Fsp3) is 0.257. The van der Waals surface area contributed by atoms with Gasteiger partial charge in [0.15, 0.2) is 0 Å². The number of benzene rings is 4. The average molecular weight is 648 g/mol. The molecular weight excluding hydrogens is 610 g/mol. The Morgan fingerprint density at radius 1 is 0.889 bits per heavy atom. The van der Waals surface area contributed by atoms with Crippen LogP contribution in [-0.2, 0) is 32.6 Å². The van der Waals surface area contributed by atoms with Gasteiger partial charge in [0.05, 0.1) is 17.7 Å². The van der Waals surface area contributed by atoms with E-state index in [1.54, 1.807) is 60.7 Å². The summed E-state index contributed by atoms with van der Waals surface area (Å²) in [6.45, 7) is 3.76. The van der Waals surface area contributed by atoms with Crippen LogP contribution in [0.1, 0.15) is 30.0 Å². The van der Waals surface area contributed by atoms with Crippen LogP contribution in [0.4, 0.5) is 5.69 Å². The van der Waals surface area contributed by atoms with Crippen LogP contribution < -0.4 is 14.4 Å². The van der Waals surface area contributed by atoms with Crippen molar-refractivity contribution in [3.05, 3.63) is 125 Å². The van der Waals surface area contributed by atoms with Gasteiger partial charge in [-0.05, 0) is 60.9 Å². The molecule has 0 saturated carbocycles. The van der Waals surface area contributed by atoms with Crippen molar-refractivity contribution >= 4 is 39.1 Å². The molecule has 0 spiro atoms. The highest BCUT2D eigenvalue weighted by atomic mass is 35.5. The SMILES string of the molecule is CCCNC(=O)[C@H](Cc1ccccc1)N(Cc1ccc(Cl)cc1)C(=O)CN(c1cccc(OC)c1)S(=O)(=O)c1ccc(C)cc1. The van der Waals surface area contributed by atoms with Crippen LogP contribution in [0.15, 0.2) is 108 Å². The molecule has 10 heteroatoms. The van der Waals surface area contributed by atoms with Gasteiger partial charge in [0.25, 0.3) is 10.0 Å². The molecule has 0 heterocycles. The van der Waals surface area contributed by atoms with Crippen LogP contribution in [-0.4, -0.2) is 51.4 Å². The molecule has 4 aromatic rings. The van der Waals surface area contributed by atoms with Gasteiger partial charge in [-0.3, -0.25) is 13.9 Å². The minimum Gasteiger partial charge on any atom is -0.497 e. The number of ether oxygens (including phenoxy) is 1. The monoisotopic (exact) mass is 647 g/mol. The van der Waals surface area contributed by atoms with Crippen molar-refractivity contribution in [1.82, 2.24) is 10.2 Å². The van der Waals surface area contributed by atoms with Crippen LogP contribution in [0, 0.1) is 6.92 Å². The van der Waals surface area contributed by atoms with Crippen molar-refractivity contribution in [2.75, 3.05) is 24.5 Å². The van der Waals surface area contributed by atoms with Crippen molar-refractivity contribution < 1.29 is 22.7 Å². The number of amides is 2. The first-order valence-electron chi connectivity index (χ1n) is 14.7. The minimum atomic E-state index is -4.21. The molecule has 236 valence electrons. The van der Waals surface area contributed by atoms with Gasteiger partial charge >= 0.3 is 0 Å². The van der Waals surface area contributed by atoms with Gasteiger partial charge in [-0.1, -0.05) is 84.8 Å². The molecule has 2 amide bonds. The topological polar surface area (TPSA) is 96.0 Å². The third-order valence-electron chi connectivity index (χ3n) is 7.32. The number of rotatable bonds is 14. The maximum atomic E-state index is 14.5. The molecule has 1 atom stereocenters. The highest BCUT2D eigenvalue weighted by Crippen LogP contribution is 2.28. The standard InChI is InChI=1S/C35H38ClN3O5S/c1-4-21-37-35(41)33(22-27-9-6-5-7-10-27)38(24-28-15-17-29(36)18-16-28)34(40)25-39(30-11-8-12-31(23-30)44-3)45(42,43)32-19-13-26(2)14-20-32/h5-20,23,33H,4,21-22,24-25H2,1-3H3,(H,37,41)/t33-/m0/s1. The molecule has 0 saturated heterocycles. The number of nitrogens with zero attached hydrogens (tertiary/aromatic N) is 2. The van der Waals surface area contributed by atoms with E-state index in [0.717, 1.165) is 21.0 Å². The fourth-order valence-electron chi connectivity index (χ4n) is 4.84. The summed E-state index contributed by atoms with van der Waals surface area (Å²) in [5.41, 5.74) is 2.75. The molecule has 45 heavy (non-hydrogen) atoms. The summed E-state index contributed by atoms with van der Waals surface area (Å²) < 4.78 is 34.8. The molecule has 0 unspecified atom stereocenters. The first-order valence-corrected chi connectivity index (χ1v) is 16.5. The van der Waals surface area contributed by atoms with E-state index in [0.29, 0.717) is 23.7 Å². The van der Waals surface area contributed by atoms with E-state index in [9.17, 15) is 18.0 Å². The molecule has 4 aromatic carbocycles. The van der Waals surface area contributed by atoms with E-state index in [-0.39, 0.29) is 29.5 Å². The molecule has 0 radical (unpaired) electrons. The summed E-state index contributed by atoms with van der Waals surface area (Å²) >= 11 is 6.14. The second kappa shape index (κ2) is 15.6. The molecule has 0 aliphatic rings. The third-order valence-corrected chi connectivity index (χ3v) is 9.36. The van der Waals surface area contributed by atoms with Gasteiger partial charge in [-0.25, -0.2) is 8.42 Å². The van der Waals surface area contributed by atoms with Crippen LogP contribution in [0.5, 0.6) is 5.75 Å². The first kappa shape index (κ1) is 33.6. The number of methoxy groups -OCH3 is 1. The Bertz CT molecular complexity index is 1680. The Hall–Kier alpha value is -4.34. The fourth-order valence-corrected chi connectivity index (χ4v) is 6.37. The molecular formula is C35H38ClN3O5S. The number of sulfonamides is 1. The van der Waals surface area contributed by atoms with Gasteiger partial charge in [0, 0.05) is 30.6 Å². The summed E-state index contributed by atoms with van der Waals surface area (Å²) in [5, 5.41) is 3.48. The highest BCUT2D eigenvalue weighted by Gasteiger charge is 2.34. The molecule has 0 aliphatic heterocycles. The Balaban J connectivity index is 1.80. The number of halogens is 1. The van der Waals surface area contributed by atoms with Crippen molar-refractivity contribution in [1.29, 1.82) is 0 Å². The lowest BCUT2D eigenvalue weighted by Gasteiger charge is -2.34. The maximum Gasteiger partial charge on any atom is 0.264 e. The van der Waals surface area contributed by atoms with Crippen molar-refractivity contribution in [3.63, 3.8) is 0 Å². The maximum absolute atomic E-state index is 14.5. The smallest absolute Gasteiger partial charge is 0.264 e. The summed E-state index contributed by atoms with van der Waals surface area (Å²) in [6.07, 6.45) is 0.951. The molecule has 0 aromatic heterocycles. The summed E-state index contributed by atoms with van der Waals surface area (Å²) in [6, 6.07) is 28.5. The number of carbonyl (C=O) groups excluding carboxylic acids is 2. The zero-order chi connectivity index (χ0) is 32.4. The molecule has 0 fully saturated rings. The summed E-state index contributed by atoms with van der Waals surface area (Å²) in [5.74, 6) is -0.434. The van der Waals surface area contributed by atoms with Crippen molar-refractivity contribution in [2.24, 2.45) is 0 Å². The van der Waals surface area contributed by atoms with Gasteiger partial charge in [-0.15, -0.1) is 0 Å². The highest BCUT2D eigenvalue weighted by molar-refractivity contribution is 7.92. The zero-order valence-corrected chi connectivity index (χ0v) is 27.2. The Kier molecular flexibility index (Phi) is 11.6. The predicted octanol–water partition coefficient (Wildman–Crippen LogP) is 6.02. The van der Waals surface area contributed by atoms with E-state index in [2.05, 4.69) is 5.32 Å². The average Bonchev–Trinajstić information content (AvgIpc) is 3.05. The molecule has 0 bridgehead atoms. The Morgan fingerprint density at radius 2 is 1.58 bits per heavy atom. The van der Waals surface area contributed by atoms with E-state index < -0.39 is 28.5 Å². The lowest BCUT2D eigenvalue weighted by molar-refractivity contribution is -0.140. The molecule has 1 N–H and O–H groups in total. The van der Waals surface area contributed by atoms with Crippen molar-refractivity contribution in [2.45, 2.75) is 44.2 Å². The number of nitrogens with one attached hydrogen (secondary N) is 1.